The first-order valence-electron chi connectivity index (χ1n) is 18.9. The molecule has 3 rings (SSSR count). The van der Waals surface area contributed by atoms with Crippen molar-refractivity contribution in [1.82, 2.24) is 0 Å². The maximum absolute atomic E-state index is 2.48. The van der Waals surface area contributed by atoms with Crippen LogP contribution < -0.4 is 0 Å². The average Bonchev–Trinajstić information content (AvgIpc) is 3.29. The van der Waals surface area contributed by atoms with Crippen LogP contribution in [0.15, 0.2) is 42.5 Å². The summed E-state index contributed by atoms with van der Waals surface area (Å²) >= 11 is 0. The Bertz CT molecular complexity index is 924. The molecule has 0 heteroatoms. The summed E-state index contributed by atoms with van der Waals surface area (Å²) in [5.41, 5.74) is 8.12. The first kappa shape index (κ1) is 34.9. The van der Waals surface area contributed by atoms with E-state index in [4.69, 9.17) is 0 Å². The van der Waals surface area contributed by atoms with Gasteiger partial charge in [0.05, 0.1) is 0 Å². The summed E-state index contributed by atoms with van der Waals surface area (Å²) in [6, 6.07) is 16.5. The van der Waals surface area contributed by atoms with E-state index in [2.05, 4.69) is 63.2 Å². The highest BCUT2D eigenvalue weighted by molar-refractivity contribution is 5.82. The largest absolute Gasteiger partial charge is 0.0654 e. The lowest BCUT2D eigenvalue weighted by molar-refractivity contribution is 0.395. The van der Waals surface area contributed by atoms with E-state index in [0.717, 1.165) is 0 Å². The maximum atomic E-state index is 2.48. The number of aryl methyl sites for hydroxylation is 1. The van der Waals surface area contributed by atoms with Crippen molar-refractivity contribution >= 4 is 0 Å². The molecular weight excluding hydrogens is 504 g/mol. The molecule has 236 valence electrons. The molecule has 0 amide bonds. The van der Waals surface area contributed by atoms with Crippen LogP contribution in [0.3, 0.4) is 0 Å². The van der Waals surface area contributed by atoms with Crippen molar-refractivity contribution in [3.8, 4) is 11.1 Å². The Morgan fingerprint density at radius 1 is 0.405 bits per heavy atom. The lowest BCUT2D eigenvalue weighted by Gasteiger charge is -2.34. The van der Waals surface area contributed by atoms with Gasteiger partial charge in [0, 0.05) is 5.41 Å². The van der Waals surface area contributed by atoms with Gasteiger partial charge in [-0.25, -0.2) is 0 Å². The van der Waals surface area contributed by atoms with Gasteiger partial charge in [-0.15, -0.1) is 0 Å². The number of rotatable bonds is 26. The van der Waals surface area contributed by atoms with Crippen LogP contribution in [0.25, 0.3) is 11.1 Å². The number of benzene rings is 2. The number of unbranched alkanes of at least 4 members (excludes halogenated alkanes) is 22. The van der Waals surface area contributed by atoms with E-state index >= 15 is 0 Å². The van der Waals surface area contributed by atoms with Crippen LogP contribution in [-0.4, -0.2) is 0 Å². The zero-order chi connectivity index (χ0) is 29.7. The highest BCUT2D eigenvalue weighted by Gasteiger charge is 2.42. The predicted molar refractivity (Wildman–Crippen MR) is 189 cm³/mol. The summed E-state index contributed by atoms with van der Waals surface area (Å²) in [4.78, 5) is 0. The van der Waals surface area contributed by atoms with Gasteiger partial charge in [0.25, 0.3) is 0 Å². The van der Waals surface area contributed by atoms with E-state index in [1.165, 1.54) is 184 Å². The monoisotopic (exact) mass is 573 g/mol. The molecule has 42 heavy (non-hydrogen) atoms. The maximum Gasteiger partial charge on any atom is 0.0217 e. The third-order valence-electron chi connectivity index (χ3n) is 10.4. The fourth-order valence-electron chi connectivity index (χ4n) is 7.98. The molecule has 0 nitrogen and oxygen atoms in total. The highest BCUT2D eigenvalue weighted by atomic mass is 14.5. The highest BCUT2D eigenvalue weighted by Crippen LogP contribution is 2.55. The molecule has 0 bridgehead atoms. The van der Waals surface area contributed by atoms with E-state index in [-0.39, 0.29) is 5.41 Å². The van der Waals surface area contributed by atoms with Crippen molar-refractivity contribution in [3.63, 3.8) is 0 Å². The zero-order valence-corrected chi connectivity index (χ0v) is 28.4. The van der Waals surface area contributed by atoms with Gasteiger partial charge in [-0.3, -0.25) is 0 Å². The summed E-state index contributed by atoms with van der Waals surface area (Å²) in [7, 11) is 0. The molecule has 0 unspecified atom stereocenters. The van der Waals surface area contributed by atoms with Crippen LogP contribution >= 0.6 is 0 Å². The van der Waals surface area contributed by atoms with Crippen molar-refractivity contribution in [1.29, 1.82) is 0 Å². The second-order valence-electron chi connectivity index (χ2n) is 13.9. The topological polar surface area (TPSA) is 0 Å². The number of hydrogen-bond acceptors (Lipinski definition) is 0. The Kier molecular flexibility index (Phi) is 17.6. The Morgan fingerprint density at radius 2 is 0.786 bits per heavy atom. The van der Waals surface area contributed by atoms with Crippen LogP contribution in [0.2, 0.25) is 0 Å². The van der Waals surface area contributed by atoms with E-state index in [1.807, 2.05) is 0 Å². The molecule has 2 aromatic carbocycles. The minimum atomic E-state index is 0.230. The van der Waals surface area contributed by atoms with Gasteiger partial charge < -0.3 is 0 Å². The van der Waals surface area contributed by atoms with Crippen LogP contribution in [0.5, 0.6) is 0 Å². The molecule has 0 spiro atoms. The Hall–Kier alpha value is -1.56. The summed E-state index contributed by atoms with van der Waals surface area (Å²) in [5.74, 6) is 0. The molecule has 0 aliphatic heterocycles. The molecule has 1 aliphatic carbocycles. The third-order valence-corrected chi connectivity index (χ3v) is 10.4. The Morgan fingerprint density at radius 3 is 1.24 bits per heavy atom. The molecule has 0 fully saturated rings. The summed E-state index contributed by atoms with van der Waals surface area (Å²) in [6.45, 7) is 7.00. The van der Waals surface area contributed by atoms with Gasteiger partial charge >= 0.3 is 0 Å². The molecule has 2 aromatic rings. The fraction of sp³-hybridized carbons (Fsp3) is 0.714. The van der Waals surface area contributed by atoms with E-state index in [1.54, 1.807) is 11.1 Å². The van der Waals surface area contributed by atoms with E-state index in [9.17, 15) is 0 Å². The molecular formula is C42H68. The second kappa shape index (κ2) is 21.2. The summed E-state index contributed by atoms with van der Waals surface area (Å²) in [6.07, 6.45) is 36.9. The first-order valence-corrected chi connectivity index (χ1v) is 18.9. The molecule has 0 heterocycles. The van der Waals surface area contributed by atoms with Crippen LogP contribution in [0.4, 0.5) is 0 Å². The van der Waals surface area contributed by atoms with Gasteiger partial charge in [-0.2, -0.15) is 0 Å². The van der Waals surface area contributed by atoms with E-state index < -0.39 is 0 Å². The van der Waals surface area contributed by atoms with E-state index in [0.29, 0.717) is 0 Å². The summed E-state index contributed by atoms with van der Waals surface area (Å²) < 4.78 is 0. The van der Waals surface area contributed by atoms with Crippen molar-refractivity contribution < 1.29 is 0 Å². The first-order chi connectivity index (χ1) is 20.7. The molecule has 0 atom stereocenters. The Balaban J connectivity index is 1.46. The number of hydrogen-bond donors (Lipinski definition) is 0. The lowest BCUT2D eigenvalue weighted by Crippen LogP contribution is -2.26. The van der Waals surface area contributed by atoms with Crippen molar-refractivity contribution in [2.24, 2.45) is 0 Å². The second-order valence-corrected chi connectivity index (χ2v) is 13.9. The van der Waals surface area contributed by atoms with Gasteiger partial charge in [0.1, 0.15) is 0 Å². The van der Waals surface area contributed by atoms with Gasteiger partial charge in [-0.05, 0) is 47.6 Å². The van der Waals surface area contributed by atoms with Crippen molar-refractivity contribution in [2.45, 2.75) is 193 Å². The molecule has 0 saturated heterocycles. The van der Waals surface area contributed by atoms with Gasteiger partial charge in [-0.1, -0.05) is 210 Å². The van der Waals surface area contributed by atoms with Crippen molar-refractivity contribution in [3.05, 3.63) is 59.2 Å². The van der Waals surface area contributed by atoms with Gasteiger partial charge in [0.15, 0.2) is 0 Å². The minimum Gasteiger partial charge on any atom is -0.0654 e. The van der Waals surface area contributed by atoms with Crippen LogP contribution in [0.1, 0.15) is 197 Å². The smallest absolute Gasteiger partial charge is 0.0217 e. The quantitative estimate of drug-likeness (QED) is 0.0983. The van der Waals surface area contributed by atoms with Crippen molar-refractivity contribution in [2.75, 3.05) is 0 Å². The molecule has 0 radical (unpaired) electrons. The molecule has 0 aromatic heterocycles. The SMILES string of the molecule is CCCCCCCCCCCCCCC1(CCCCCCCCCCCCCC)c2ccccc2-c2cccc(C)c21. The predicted octanol–water partition coefficient (Wildman–Crippen LogP) is 14.4. The number of fused-ring (bicyclic) bond motifs is 3. The fourth-order valence-corrected chi connectivity index (χ4v) is 7.98. The normalized spacial score (nSPS) is 13.4. The third kappa shape index (κ3) is 11.2. The minimum absolute atomic E-state index is 0.230. The Labute approximate surface area is 262 Å². The van der Waals surface area contributed by atoms with Gasteiger partial charge in [0.2, 0.25) is 0 Å². The van der Waals surface area contributed by atoms with Crippen LogP contribution in [0, 0.1) is 6.92 Å². The molecule has 0 saturated carbocycles. The lowest BCUT2D eigenvalue weighted by atomic mass is 9.69. The average molecular weight is 573 g/mol. The molecule has 1 aliphatic rings. The van der Waals surface area contributed by atoms with Crippen LogP contribution in [-0.2, 0) is 5.41 Å². The standard InChI is InChI=1S/C42H68/c1-4-6-8-10-12-14-16-18-20-22-24-28-35-42(36-29-25-23-21-19-17-15-13-11-9-7-5-2)40-34-27-26-32-38(40)39-33-30-31-37(3)41(39)42/h26-27,30-34H,4-25,28-29,35-36H2,1-3H3. The summed E-state index contributed by atoms with van der Waals surface area (Å²) in [5, 5.41) is 0. The zero-order valence-electron chi connectivity index (χ0n) is 28.4. The molecule has 0 N–H and O–H groups in total.